The molecule has 0 aromatic carbocycles. The molecule has 0 radical (unpaired) electrons. The van der Waals surface area contributed by atoms with Crippen molar-refractivity contribution in [1.82, 2.24) is 4.90 Å². The van der Waals surface area contributed by atoms with Gasteiger partial charge in [-0.15, -0.1) is 0 Å². The molecule has 0 aromatic rings. The standard InChI is InChI=1S/C12H21N3O/c1-5-15(6-2)11-8-7-9-13-12(14-11)16-10(3)4/h7,9-10H,5-6,8H2,1-4H3. The van der Waals surface area contributed by atoms with Crippen molar-refractivity contribution in [3.05, 3.63) is 12.3 Å². The van der Waals surface area contributed by atoms with Crippen molar-refractivity contribution in [2.45, 2.75) is 40.2 Å². The lowest BCUT2D eigenvalue weighted by Crippen LogP contribution is -2.31. The Morgan fingerprint density at radius 3 is 2.62 bits per heavy atom. The molecule has 0 fully saturated rings. The Kier molecular flexibility index (Phi) is 5.02. The molecule has 0 unspecified atom stereocenters. The molecule has 0 N–H and O–H groups in total. The van der Waals surface area contributed by atoms with Crippen LogP contribution in [0.2, 0.25) is 0 Å². The number of ether oxygens (including phenoxy) is 1. The second kappa shape index (κ2) is 6.30. The molecule has 1 aliphatic heterocycles. The van der Waals surface area contributed by atoms with Gasteiger partial charge in [0.15, 0.2) is 0 Å². The minimum Gasteiger partial charge on any atom is -0.461 e. The van der Waals surface area contributed by atoms with E-state index >= 15 is 0 Å². The van der Waals surface area contributed by atoms with Crippen molar-refractivity contribution in [2.75, 3.05) is 13.1 Å². The van der Waals surface area contributed by atoms with Crippen LogP contribution in [-0.4, -0.2) is 36.0 Å². The summed E-state index contributed by atoms with van der Waals surface area (Å²) in [6.45, 7) is 10.1. The van der Waals surface area contributed by atoms with Crippen molar-refractivity contribution in [3.8, 4) is 0 Å². The topological polar surface area (TPSA) is 37.2 Å². The minimum absolute atomic E-state index is 0.104. The van der Waals surface area contributed by atoms with Gasteiger partial charge in [0.25, 0.3) is 0 Å². The summed E-state index contributed by atoms with van der Waals surface area (Å²) in [6.07, 6.45) is 4.69. The Morgan fingerprint density at radius 2 is 2.06 bits per heavy atom. The molecule has 0 saturated carbocycles. The Hall–Kier alpha value is -1.32. The third-order valence-electron chi connectivity index (χ3n) is 2.29. The van der Waals surface area contributed by atoms with Crippen LogP contribution in [0.15, 0.2) is 22.3 Å². The van der Waals surface area contributed by atoms with Gasteiger partial charge in [-0.3, -0.25) is 0 Å². The average Bonchev–Trinajstić information content (AvgIpc) is 2.45. The lowest BCUT2D eigenvalue weighted by molar-refractivity contribution is 0.224. The maximum Gasteiger partial charge on any atom is 0.318 e. The van der Waals surface area contributed by atoms with Gasteiger partial charge in [0.1, 0.15) is 5.84 Å². The SMILES string of the molecule is CCN(CC)C1=NC(OC(C)C)=NC=CC1. The van der Waals surface area contributed by atoms with Crippen molar-refractivity contribution >= 4 is 11.9 Å². The van der Waals surface area contributed by atoms with E-state index in [-0.39, 0.29) is 6.10 Å². The molecule has 0 atom stereocenters. The molecule has 1 rings (SSSR count). The molecule has 0 aliphatic carbocycles. The van der Waals surface area contributed by atoms with Crippen LogP contribution in [0.1, 0.15) is 34.1 Å². The number of aliphatic imine (C=N–C) groups is 2. The second-order valence-electron chi connectivity index (χ2n) is 3.87. The Labute approximate surface area is 97.7 Å². The van der Waals surface area contributed by atoms with E-state index < -0.39 is 0 Å². The van der Waals surface area contributed by atoms with Gasteiger partial charge in [0, 0.05) is 25.7 Å². The van der Waals surface area contributed by atoms with E-state index in [1.807, 2.05) is 19.9 Å². The third-order valence-corrected chi connectivity index (χ3v) is 2.29. The maximum absolute atomic E-state index is 5.53. The predicted octanol–water partition coefficient (Wildman–Crippen LogP) is 2.43. The Balaban J connectivity index is 2.81. The Morgan fingerprint density at radius 1 is 1.38 bits per heavy atom. The minimum atomic E-state index is 0.104. The predicted molar refractivity (Wildman–Crippen MR) is 67.8 cm³/mol. The molecule has 1 heterocycles. The van der Waals surface area contributed by atoms with Gasteiger partial charge in [0.05, 0.1) is 6.10 Å². The molecule has 0 aromatic heterocycles. The molecule has 0 spiro atoms. The first-order valence-electron chi connectivity index (χ1n) is 5.89. The van der Waals surface area contributed by atoms with Crippen LogP contribution in [0, 0.1) is 0 Å². The van der Waals surface area contributed by atoms with Crippen LogP contribution in [0.4, 0.5) is 0 Å². The normalized spacial score (nSPS) is 15.6. The molecule has 16 heavy (non-hydrogen) atoms. The number of amidine groups is 2. The molecular weight excluding hydrogens is 202 g/mol. The molecule has 0 saturated heterocycles. The average molecular weight is 223 g/mol. The summed E-state index contributed by atoms with van der Waals surface area (Å²) in [4.78, 5) is 10.8. The van der Waals surface area contributed by atoms with Gasteiger partial charge in [-0.05, 0) is 27.7 Å². The zero-order chi connectivity index (χ0) is 12.0. The second-order valence-corrected chi connectivity index (χ2v) is 3.87. The van der Waals surface area contributed by atoms with Crippen LogP contribution >= 0.6 is 0 Å². The van der Waals surface area contributed by atoms with Crippen LogP contribution in [0.3, 0.4) is 0 Å². The zero-order valence-electron chi connectivity index (χ0n) is 10.6. The summed E-state index contributed by atoms with van der Waals surface area (Å²) in [5.74, 6) is 1.03. The number of rotatable bonds is 3. The summed E-state index contributed by atoms with van der Waals surface area (Å²) in [5.41, 5.74) is 0. The van der Waals surface area contributed by atoms with Crippen molar-refractivity contribution in [2.24, 2.45) is 9.98 Å². The van der Waals surface area contributed by atoms with Gasteiger partial charge < -0.3 is 9.64 Å². The molecule has 0 amide bonds. The summed E-state index contributed by atoms with van der Waals surface area (Å²) in [7, 11) is 0. The summed E-state index contributed by atoms with van der Waals surface area (Å²) in [6, 6.07) is 0.464. The van der Waals surface area contributed by atoms with Crippen LogP contribution in [-0.2, 0) is 4.74 Å². The van der Waals surface area contributed by atoms with Crippen molar-refractivity contribution in [3.63, 3.8) is 0 Å². The van der Waals surface area contributed by atoms with Crippen LogP contribution < -0.4 is 0 Å². The molecule has 0 bridgehead atoms. The van der Waals surface area contributed by atoms with Crippen LogP contribution in [0.25, 0.3) is 0 Å². The molecular formula is C12H21N3O. The third kappa shape index (κ3) is 3.68. The van der Waals surface area contributed by atoms with Crippen molar-refractivity contribution in [1.29, 1.82) is 0 Å². The van der Waals surface area contributed by atoms with Crippen molar-refractivity contribution < 1.29 is 4.74 Å². The molecule has 4 heteroatoms. The van der Waals surface area contributed by atoms with E-state index in [1.54, 1.807) is 6.20 Å². The lowest BCUT2D eigenvalue weighted by atomic mass is 10.3. The van der Waals surface area contributed by atoms with Gasteiger partial charge in [-0.1, -0.05) is 6.08 Å². The number of hydrogen-bond donors (Lipinski definition) is 0. The maximum atomic E-state index is 5.53. The highest BCUT2D eigenvalue weighted by molar-refractivity contribution is 5.95. The van der Waals surface area contributed by atoms with E-state index in [0.717, 1.165) is 25.3 Å². The molecule has 4 nitrogen and oxygen atoms in total. The van der Waals surface area contributed by atoms with Gasteiger partial charge >= 0.3 is 6.02 Å². The highest BCUT2D eigenvalue weighted by Crippen LogP contribution is 2.05. The van der Waals surface area contributed by atoms with Gasteiger partial charge in [-0.2, -0.15) is 4.99 Å². The zero-order valence-corrected chi connectivity index (χ0v) is 10.6. The largest absolute Gasteiger partial charge is 0.461 e. The van der Waals surface area contributed by atoms with E-state index in [2.05, 4.69) is 28.7 Å². The summed E-state index contributed by atoms with van der Waals surface area (Å²) in [5, 5.41) is 0. The number of nitrogens with zero attached hydrogens (tertiary/aromatic N) is 3. The fraction of sp³-hybridized carbons (Fsp3) is 0.667. The van der Waals surface area contributed by atoms with Gasteiger partial charge in [-0.25, -0.2) is 4.99 Å². The number of hydrogen-bond acceptors (Lipinski definition) is 4. The van der Waals surface area contributed by atoms with Gasteiger partial charge in [0.2, 0.25) is 0 Å². The highest BCUT2D eigenvalue weighted by Gasteiger charge is 2.11. The van der Waals surface area contributed by atoms with E-state index in [9.17, 15) is 0 Å². The molecule has 90 valence electrons. The quantitative estimate of drug-likeness (QED) is 0.737. The first kappa shape index (κ1) is 12.7. The van der Waals surface area contributed by atoms with Crippen LogP contribution in [0.5, 0.6) is 0 Å². The van der Waals surface area contributed by atoms with E-state index in [4.69, 9.17) is 4.74 Å². The first-order chi connectivity index (χ1) is 7.67. The lowest BCUT2D eigenvalue weighted by Gasteiger charge is -2.22. The summed E-state index contributed by atoms with van der Waals surface area (Å²) >= 11 is 0. The highest BCUT2D eigenvalue weighted by atomic mass is 16.5. The smallest absolute Gasteiger partial charge is 0.318 e. The van der Waals surface area contributed by atoms with E-state index in [0.29, 0.717) is 6.02 Å². The monoisotopic (exact) mass is 223 g/mol. The summed E-state index contributed by atoms with van der Waals surface area (Å²) < 4.78 is 5.53. The molecule has 1 aliphatic rings. The fourth-order valence-electron chi connectivity index (χ4n) is 1.52. The first-order valence-corrected chi connectivity index (χ1v) is 5.89. The Bertz CT molecular complexity index is 301. The fourth-order valence-corrected chi connectivity index (χ4v) is 1.52. The van der Waals surface area contributed by atoms with E-state index in [1.165, 1.54) is 0 Å².